The Morgan fingerprint density at radius 1 is 1.35 bits per heavy atom. The van der Waals surface area contributed by atoms with Crippen LogP contribution in [0.3, 0.4) is 0 Å². The van der Waals surface area contributed by atoms with Gasteiger partial charge in [0.05, 0.1) is 16.7 Å². The SMILES string of the molecule is CCc1nnsc1C(O)Cc1ccc(F)cc1. The number of nitrogens with zero attached hydrogens (tertiary/aromatic N) is 2. The number of aryl methyl sites for hydroxylation is 1. The summed E-state index contributed by atoms with van der Waals surface area (Å²) in [5.74, 6) is -0.267. The lowest BCUT2D eigenvalue weighted by Gasteiger charge is -2.09. The van der Waals surface area contributed by atoms with Gasteiger partial charge in [0.25, 0.3) is 0 Å². The molecule has 3 nitrogen and oxygen atoms in total. The van der Waals surface area contributed by atoms with Crippen molar-refractivity contribution in [3.8, 4) is 0 Å². The Morgan fingerprint density at radius 3 is 2.71 bits per heavy atom. The van der Waals surface area contributed by atoms with Crippen molar-refractivity contribution in [1.29, 1.82) is 0 Å². The Balaban J connectivity index is 2.11. The van der Waals surface area contributed by atoms with Gasteiger partial charge in [0.15, 0.2) is 0 Å². The molecule has 1 aromatic carbocycles. The molecule has 2 aromatic rings. The van der Waals surface area contributed by atoms with E-state index >= 15 is 0 Å². The average molecular weight is 252 g/mol. The van der Waals surface area contributed by atoms with Gasteiger partial charge >= 0.3 is 0 Å². The summed E-state index contributed by atoms with van der Waals surface area (Å²) in [6, 6.07) is 6.15. The summed E-state index contributed by atoms with van der Waals surface area (Å²) >= 11 is 1.22. The van der Waals surface area contributed by atoms with Crippen molar-refractivity contribution in [1.82, 2.24) is 9.59 Å². The highest BCUT2D eigenvalue weighted by atomic mass is 32.1. The third-order valence-electron chi connectivity index (χ3n) is 2.56. The molecule has 0 saturated heterocycles. The van der Waals surface area contributed by atoms with Gasteiger partial charge in [0.2, 0.25) is 0 Å². The molecule has 0 fully saturated rings. The van der Waals surface area contributed by atoms with Crippen LogP contribution in [0.2, 0.25) is 0 Å². The van der Waals surface area contributed by atoms with Crippen molar-refractivity contribution in [2.24, 2.45) is 0 Å². The molecule has 5 heteroatoms. The summed E-state index contributed by atoms with van der Waals surface area (Å²) in [6.07, 6.45) is 0.596. The summed E-state index contributed by atoms with van der Waals surface area (Å²) in [5.41, 5.74) is 1.74. The van der Waals surface area contributed by atoms with Gasteiger partial charge in [-0.2, -0.15) is 0 Å². The van der Waals surface area contributed by atoms with Gasteiger partial charge in [0.1, 0.15) is 5.82 Å². The summed E-state index contributed by atoms with van der Waals surface area (Å²) in [6.45, 7) is 1.98. The van der Waals surface area contributed by atoms with Crippen molar-refractivity contribution < 1.29 is 9.50 Å². The van der Waals surface area contributed by atoms with E-state index in [9.17, 15) is 9.50 Å². The zero-order valence-corrected chi connectivity index (χ0v) is 10.2. The van der Waals surface area contributed by atoms with Crippen LogP contribution in [0.25, 0.3) is 0 Å². The van der Waals surface area contributed by atoms with E-state index in [4.69, 9.17) is 0 Å². The van der Waals surface area contributed by atoms with E-state index in [1.54, 1.807) is 12.1 Å². The third-order valence-corrected chi connectivity index (χ3v) is 3.43. The molecule has 0 spiro atoms. The van der Waals surface area contributed by atoms with Crippen molar-refractivity contribution in [3.05, 3.63) is 46.2 Å². The molecule has 1 atom stereocenters. The topological polar surface area (TPSA) is 46.0 Å². The van der Waals surface area contributed by atoms with Crippen LogP contribution in [0.1, 0.15) is 29.2 Å². The van der Waals surface area contributed by atoms with Crippen molar-refractivity contribution >= 4 is 11.5 Å². The first-order valence-electron chi connectivity index (χ1n) is 5.44. The highest BCUT2D eigenvalue weighted by molar-refractivity contribution is 7.05. The first kappa shape index (κ1) is 12.1. The van der Waals surface area contributed by atoms with Crippen LogP contribution in [0, 0.1) is 5.82 Å². The van der Waals surface area contributed by atoms with Crippen LogP contribution in [-0.4, -0.2) is 14.7 Å². The van der Waals surface area contributed by atoms with Crippen molar-refractivity contribution in [2.75, 3.05) is 0 Å². The molecule has 0 saturated carbocycles. The first-order chi connectivity index (χ1) is 8.20. The molecular weight excluding hydrogens is 239 g/mol. The van der Waals surface area contributed by atoms with E-state index in [1.807, 2.05) is 6.92 Å². The lowest BCUT2D eigenvalue weighted by Crippen LogP contribution is -2.02. The van der Waals surface area contributed by atoms with E-state index in [1.165, 1.54) is 23.7 Å². The van der Waals surface area contributed by atoms with Crippen LogP contribution in [-0.2, 0) is 12.8 Å². The maximum atomic E-state index is 12.7. The minimum atomic E-state index is -0.615. The summed E-state index contributed by atoms with van der Waals surface area (Å²) in [4.78, 5) is 0.803. The molecule has 90 valence electrons. The minimum Gasteiger partial charge on any atom is -0.387 e. The number of benzene rings is 1. The number of aliphatic hydroxyl groups is 1. The third kappa shape index (κ3) is 2.87. The zero-order valence-electron chi connectivity index (χ0n) is 9.43. The van der Waals surface area contributed by atoms with E-state index < -0.39 is 6.10 Å². The molecule has 1 unspecified atom stereocenters. The predicted molar refractivity (Wildman–Crippen MR) is 64.4 cm³/mol. The number of aliphatic hydroxyl groups excluding tert-OH is 1. The monoisotopic (exact) mass is 252 g/mol. The van der Waals surface area contributed by atoms with Gasteiger partial charge in [0, 0.05) is 6.42 Å². The first-order valence-corrected chi connectivity index (χ1v) is 6.21. The molecule has 0 bridgehead atoms. The number of halogens is 1. The second-order valence-corrected chi connectivity index (χ2v) is 4.57. The van der Waals surface area contributed by atoms with E-state index in [0.717, 1.165) is 22.6 Å². The molecule has 17 heavy (non-hydrogen) atoms. The Morgan fingerprint density at radius 2 is 2.06 bits per heavy atom. The molecule has 1 aromatic heterocycles. The number of hydrogen-bond acceptors (Lipinski definition) is 4. The van der Waals surface area contributed by atoms with Crippen LogP contribution in [0.4, 0.5) is 4.39 Å². The highest BCUT2D eigenvalue weighted by Gasteiger charge is 2.16. The molecule has 2 rings (SSSR count). The second-order valence-electron chi connectivity index (χ2n) is 3.78. The van der Waals surface area contributed by atoms with Gasteiger partial charge < -0.3 is 5.11 Å². The molecule has 0 aliphatic rings. The molecular formula is C12H13FN2OS. The van der Waals surface area contributed by atoms with Crippen LogP contribution in [0.5, 0.6) is 0 Å². The fraction of sp³-hybridized carbons (Fsp3) is 0.333. The molecule has 1 N–H and O–H groups in total. The number of hydrogen-bond donors (Lipinski definition) is 1. The minimum absolute atomic E-state index is 0.267. The zero-order chi connectivity index (χ0) is 12.3. The van der Waals surface area contributed by atoms with Crippen LogP contribution in [0.15, 0.2) is 24.3 Å². The average Bonchev–Trinajstić information content (AvgIpc) is 2.80. The van der Waals surface area contributed by atoms with Crippen LogP contribution >= 0.6 is 11.5 Å². The lowest BCUT2D eigenvalue weighted by molar-refractivity contribution is 0.181. The van der Waals surface area contributed by atoms with Gasteiger partial charge in [-0.1, -0.05) is 23.5 Å². The fourth-order valence-corrected chi connectivity index (χ4v) is 2.37. The Hall–Kier alpha value is -1.33. The van der Waals surface area contributed by atoms with Gasteiger partial charge in [-0.15, -0.1) is 5.10 Å². The Bertz CT molecular complexity index is 484. The highest BCUT2D eigenvalue weighted by Crippen LogP contribution is 2.24. The van der Waals surface area contributed by atoms with E-state index in [2.05, 4.69) is 9.59 Å². The largest absolute Gasteiger partial charge is 0.387 e. The summed E-state index contributed by atoms with van der Waals surface area (Å²) in [5, 5.41) is 14.0. The maximum Gasteiger partial charge on any atom is 0.123 e. The smallest absolute Gasteiger partial charge is 0.123 e. The molecule has 0 aliphatic carbocycles. The predicted octanol–water partition coefficient (Wildman–Crippen LogP) is 2.52. The standard InChI is InChI=1S/C12H13FN2OS/c1-2-10-12(17-15-14-10)11(16)7-8-3-5-9(13)6-4-8/h3-6,11,16H,2,7H2,1H3. The van der Waals surface area contributed by atoms with Crippen LogP contribution < -0.4 is 0 Å². The normalized spacial score (nSPS) is 12.6. The van der Waals surface area contributed by atoms with E-state index in [0.29, 0.717) is 6.42 Å². The summed E-state index contributed by atoms with van der Waals surface area (Å²) < 4.78 is 16.6. The van der Waals surface area contributed by atoms with Gasteiger partial charge in [-0.3, -0.25) is 0 Å². The van der Waals surface area contributed by atoms with Crippen molar-refractivity contribution in [2.45, 2.75) is 25.9 Å². The molecule has 0 aliphatic heterocycles. The molecule has 0 amide bonds. The number of rotatable bonds is 4. The Labute approximate surface area is 103 Å². The lowest BCUT2D eigenvalue weighted by atomic mass is 10.1. The van der Waals surface area contributed by atoms with Gasteiger partial charge in [-0.05, 0) is 35.6 Å². The van der Waals surface area contributed by atoms with Gasteiger partial charge in [-0.25, -0.2) is 4.39 Å². The summed E-state index contributed by atoms with van der Waals surface area (Å²) in [7, 11) is 0. The molecule has 0 radical (unpaired) electrons. The number of aromatic nitrogens is 2. The quantitative estimate of drug-likeness (QED) is 0.909. The maximum absolute atomic E-state index is 12.7. The second kappa shape index (κ2) is 5.33. The molecule has 1 heterocycles. The van der Waals surface area contributed by atoms with Crippen molar-refractivity contribution in [3.63, 3.8) is 0 Å². The fourth-order valence-electron chi connectivity index (χ4n) is 1.65. The van der Waals surface area contributed by atoms with E-state index in [-0.39, 0.29) is 5.82 Å². The Kier molecular flexibility index (Phi) is 3.81.